The van der Waals surface area contributed by atoms with Crippen molar-refractivity contribution in [3.63, 3.8) is 0 Å². The first-order chi connectivity index (χ1) is 9.15. The number of aryl methyl sites for hydroxylation is 1. The van der Waals surface area contributed by atoms with Gasteiger partial charge in [0.25, 0.3) is 0 Å². The zero-order valence-electron chi connectivity index (χ0n) is 10.2. The molecule has 1 aliphatic heterocycles. The molecule has 3 nitrogen and oxygen atoms in total. The summed E-state index contributed by atoms with van der Waals surface area (Å²) >= 11 is 9.07. The summed E-state index contributed by atoms with van der Waals surface area (Å²) in [7, 11) is 0. The number of hydrogen-bond acceptors (Lipinski definition) is 4. The molecule has 0 radical (unpaired) electrons. The Hall–Kier alpha value is -1.04. The Labute approximate surface area is 124 Å². The van der Waals surface area contributed by atoms with E-state index in [4.69, 9.17) is 11.6 Å². The Morgan fingerprint density at radius 2 is 2.11 bits per heavy atom. The largest absolute Gasteiger partial charge is 0.273 e. The summed E-state index contributed by atoms with van der Waals surface area (Å²) in [4.78, 5) is 19.3. The van der Waals surface area contributed by atoms with E-state index in [1.165, 1.54) is 0 Å². The van der Waals surface area contributed by atoms with Gasteiger partial charge in [-0.2, -0.15) is 0 Å². The van der Waals surface area contributed by atoms with Crippen LogP contribution in [0.5, 0.6) is 0 Å². The molecule has 1 aromatic heterocycles. The third-order valence-corrected chi connectivity index (χ3v) is 5.21. The Morgan fingerprint density at radius 3 is 2.74 bits per heavy atom. The first kappa shape index (κ1) is 13.0. The van der Waals surface area contributed by atoms with E-state index in [0.29, 0.717) is 10.8 Å². The highest BCUT2D eigenvalue weighted by atomic mass is 35.5. The van der Waals surface area contributed by atoms with Gasteiger partial charge in [-0.05, 0) is 24.6 Å². The number of halogens is 1. The summed E-state index contributed by atoms with van der Waals surface area (Å²) in [6, 6.07) is 7.63. The Morgan fingerprint density at radius 1 is 1.37 bits per heavy atom. The minimum atomic E-state index is -0.00434. The maximum Gasteiger partial charge on any atom is 0.240 e. The van der Waals surface area contributed by atoms with Crippen LogP contribution in [0.25, 0.3) is 0 Å². The van der Waals surface area contributed by atoms with Gasteiger partial charge in [0.1, 0.15) is 5.37 Å². The molecule has 2 aromatic rings. The van der Waals surface area contributed by atoms with E-state index >= 15 is 0 Å². The van der Waals surface area contributed by atoms with Crippen molar-refractivity contribution in [3.05, 3.63) is 45.9 Å². The van der Waals surface area contributed by atoms with Gasteiger partial charge in [0.2, 0.25) is 5.91 Å². The van der Waals surface area contributed by atoms with Gasteiger partial charge < -0.3 is 0 Å². The zero-order chi connectivity index (χ0) is 13.4. The van der Waals surface area contributed by atoms with E-state index in [0.717, 1.165) is 15.6 Å². The fourth-order valence-electron chi connectivity index (χ4n) is 1.96. The molecule has 0 spiro atoms. The third kappa shape index (κ3) is 2.50. The minimum absolute atomic E-state index is 0.00434. The molecule has 1 fully saturated rings. The molecule has 1 aliphatic rings. The molecule has 1 atom stereocenters. The Bertz CT molecular complexity index is 611. The van der Waals surface area contributed by atoms with Crippen molar-refractivity contribution in [2.45, 2.75) is 12.3 Å². The standard InChI is InChI=1S/C13H11ClN2OS2/c1-8-6-15-13(19-8)16-11(17)7-18-12(16)9-2-4-10(14)5-3-9/h2-6,12H,7H2,1H3/t12-/m0/s1. The molecule has 3 rings (SSSR count). The highest BCUT2D eigenvalue weighted by molar-refractivity contribution is 8.00. The lowest BCUT2D eigenvalue weighted by molar-refractivity contribution is -0.115. The zero-order valence-corrected chi connectivity index (χ0v) is 12.6. The van der Waals surface area contributed by atoms with Crippen LogP contribution in [0.3, 0.4) is 0 Å². The van der Waals surface area contributed by atoms with Gasteiger partial charge in [-0.1, -0.05) is 23.7 Å². The maximum atomic E-state index is 12.1. The molecule has 19 heavy (non-hydrogen) atoms. The minimum Gasteiger partial charge on any atom is -0.273 e. The van der Waals surface area contributed by atoms with Crippen molar-refractivity contribution in [1.82, 2.24) is 4.98 Å². The SMILES string of the molecule is Cc1cnc(N2C(=O)CS[C@H]2c2ccc(Cl)cc2)s1. The van der Waals surface area contributed by atoms with E-state index in [2.05, 4.69) is 4.98 Å². The molecule has 0 aliphatic carbocycles. The molecule has 6 heteroatoms. The lowest BCUT2D eigenvalue weighted by atomic mass is 10.2. The first-order valence-electron chi connectivity index (χ1n) is 5.77. The molecular formula is C13H11ClN2OS2. The van der Waals surface area contributed by atoms with Crippen molar-refractivity contribution in [2.75, 3.05) is 10.7 Å². The molecule has 1 aromatic carbocycles. The predicted molar refractivity (Wildman–Crippen MR) is 81.0 cm³/mol. The van der Waals surface area contributed by atoms with Gasteiger partial charge in [-0.3, -0.25) is 9.69 Å². The molecule has 0 N–H and O–H groups in total. The van der Waals surface area contributed by atoms with Gasteiger partial charge in [0.05, 0.1) is 5.75 Å². The lowest BCUT2D eigenvalue weighted by Crippen LogP contribution is -2.27. The third-order valence-electron chi connectivity index (χ3n) is 2.84. The highest BCUT2D eigenvalue weighted by Crippen LogP contribution is 2.42. The van der Waals surface area contributed by atoms with Crippen LogP contribution in [-0.2, 0) is 4.79 Å². The number of aromatic nitrogens is 1. The first-order valence-corrected chi connectivity index (χ1v) is 8.01. The van der Waals surface area contributed by atoms with Crippen LogP contribution in [0.2, 0.25) is 5.02 Å². The van der Waals surface area contributed by atoms with Gasteiger partial charge in [-0.25, -0.2) is 4.98 Å². The summed E-state index contributed by atoms with van der Waals surface area (Å²) in [6.45, 7) is 1.99. The van der Waals surface area contributed by atoms with E-state index in [9.17, 15) is 4.79 Å². The second-order valence-corrected chi connectivity index (χ2v) is 6.95. The fourth-order valence-corrected chi connectivity index (χ4v) is 4.11. The number of amides is 1. The van der Waals surface area contributed by atoms with Gasteiger partial charge in [0, 0.05) is 16.1 Å². The van der Waals surface area contributed by atoms with Crippen LogP contribution < -0.4 is 4.90 Å². The number of anilines is 1. The van der Waals surface area contributed by atoms with E-state index in [1.807, 2.05) is 31.2 Å². The van der Waals surface area contributed by atoms with Crippen LogP contribution in [-0.4, -0.2) is 16.6 Å². The topological polar surface area (TPSA) is 33.2 Å². The number of thiazole rings is 1. The van der Waals surface area contributed by atoms with Crippen molar-refractivity contribution >= 4 is 45.7 Å². The smallest absolute Gasteiger partial charge is 0.240 e. The molecule has 1 amide bonds. The van der Waals surface area contributed by atoms with Crippen LogP contribution in [0.1, 0.15) is 15.8 Å². The molecule has 0 unspecified atom stereocenters. The lowest BCUT2D eigenvalue weighted by Gasteiger charge is -2.21. The average molecular weight is 311 g/mol. The second-order valence-electron chi connectivity index (χ2n) is 4.23. The quantitative estimate of drug-likeness (QED) is 0.844. The van der Waals surface area contributed by atoms with Crippen LogP contribution in [0, 0.1) is 6.92 Å². The molecular weight excluding hydrogens is 300 g/mol. The number of benzene rings is 1. The number of carbonyl (C=O) groups excluding carboxylic acids is 1. The second kappa shape index (κ2) is 5.15. The Kier molecular flexibility index (Phi) is 3.52. The molecule has 98 valence electrons. The molecule has 0 bridgehead atoms. The van der Waals surface area contributed by atoms with Gasteiger partial charge in [0.15, 0.2) is 5.13 Å². The number of thioether (sulfide) groups is 1. The normalized spacial score (nSPS) is 19.2. The summed E-state index contributed by atoms with van der Waals surface area (Å²) < 4.78 is 0. The van der Waals surface area contributed by atoms with E-state index in [-0.39, 0.29) is 11.3 Å². The van der Waals surface area contributed by atoms with Gasteiger partial charge in [-0.15, -0.1) is 23.1 Å². The van der Waals surface area contributed by atoms with Crippen LogP contribution in [0.15, 0.2) is 30.5 Å². The summed E-state index contributed by atoms with van der Waals surface area (Å²) in [6.07, 6.45) is 1.80. The molecule has 2 heterocycles. The summed E-state index contributed by atoms with van der Waals surface area (Å²) in [5, 5.41) is 1.47. The van der Waals surface area contributed by atoms with Crippen molar-refractivity contribution in [3.8, 4) is 0 Å². The van der Waals surface area contributed by atoms with Crippen molar-refractivity contribution in [1.29, 1.82) is 0 Å². The number of carbonyl (C=O) groups is 1. The van der Waals surface area contributed by atoms with E-state index < -0.39 is 0 Å². The summed E-state index contributed by atoms with van der Waals surface area (Å²) in [5.41, 5.74) is 1.08. The summed E-state index contributed by atoms with van der Waals surface area (Å²) in [5.74, 6) is 0.602. The molecule has 0 saturated carbocycles. The average Bonchev–Trinajstić information content (AvgIpc) is 2.96. The monoisotopic (exact) mass is 310 g/mol. The predicted octanol–water partition coefficient (Wildman–Crippen LogP) is 3.88. The maximum absolute atomic E-state index is 12.1. The van der Waals surface area contributed by atoms with Crippen molar-refractivity contribution < 1.29 is 4.79 Å². The molecule has 1 saturated heterocycles. The number of rotatable bonds is 2. The van der Waals surface area contributed by atoms with E-state index in [1.54, 1.807) is 34.2 Å². The van der Waals surface area contributed by atoms with Crippen molar-refractivity contribution in [2.24, 2.45) is 0 Å². The fraction of sp³-hybridized carbons (Fsp3) is 0.231. The number of hydrogen-bond donors (Lipinski definition) is 0. The Balaban J connectivity index is 1.96. The van der Waals surface area contributed by atoms with Crippen LogP contribution in [0.4, 0.5) is 5.13 Å². The van der Waals surface area contributed by atoms with Gasteiger partial charge >= 0.3 is 0 Å². The highest BCUT2D eigenvalue weighted by Gasteiger charge is 2.35. The van der Waals surface area contributed by atoms with Crippen LogP contribution >= 0.6 is 34.7 Å². The number of nitrogens with zero attached hydrogens (tertiary/aromatic N) is 2.